The van der Waals surface area contributed by atoms with Crippen LogP contribution in [0.1, 0.15) is 26.2 Å². The largest absolute Gasteiger partial charge is 0.481 e. The van der Waals surface area contributed by atoms with Gasteiger partial charge in [0.1, 0.15) is 13.0 Å². The number of rotatable bonds is 5. The smallest absolute Gasteiger partial charge is 0.406 e. The van der Waals surface area contributed by atoms with E-state index in [1.165, 1.54) is 6.92 Å². The van der Waals surface area contributed by atoms with Crippen LogP contribution in [0.15, 0.2) is 0 Å². The topological polar surface area (TPSA) is 57.6 Å². The van der Waals surface area contributed by atoms with Crippen LogP contribution in [-0.2, 0) is 9.59 Å². The molecule has 0 spiro atoms. The van der Waals surface area contributed by atoms with Crippen molar-refractivity contribution in [1.82, 2.24) is 4.90 Å². The van der Waals surface area contributed by atoms with E-state index in [0.717, 1.165) is 12.8 Å². The standard InChI is InChI=1S/C10H14F3NO3/c1-6(7-2-3-7)14(5-10(11,12)13)8(15)4-9(16)17/h6-7H,2-5H2,1H3,(H,16,17). The number of hydrogen-bond acceptors (Lipinski definition) is 2. The van der Waals surface area contributed by atoms with E-state index >= 15 is 0 Å². The van der Waals surface area contributed by atoms with Gasteiger partial charge >= 0.3 is 12.1 Å². The van der Waals surface area contributed by atoms with Crippen LogP contribution in [0.3, 0.4) is 0 Å². The maximum Gasteiger partial charge on any atom is 0.406 e. The van der Waals surface area contributed by atoms with Gasteiger partial charge in [0.05, 0.1) is 0 Å². The molecular formula is C10H14F3NO3. The molecule has 1 fully saturated rings. The third-order valence-electron chi connectivity index (χ3n) is 2.77. The van der Waals surface area contributed by atoms with Crippen LogP contribution in [0.2, 0.25) is 0 Å². The number of alkyl halides is 3. The summed E-state index contributed by atoms with van der Waals surface area (Å²) in [5, 5.41) is 8.44. The maximum atomic E-state index is 12.3. The second-order valence-electron chi connectivity index (χ2n) is 4.29. The summed E-state index contributed by atoms with van der Waals surface area (Å²) in [6.45, 7) is 0.153. The fraction of sp³-hybridized carbons (Fsp3) is 0.800. The quantitative estimate of drug-likeness (QED) is 0.758. The normalized spacial score (nSPS) is 17.6. The van der Waals surface area contributed by atoms with Gasteiger partial charge < -0.3 is 10.0 Å². The summed E-state index contributed by atoms with van der Waals surface area (Å²) < 4.78 is 36.9. The third-order valence-corrected chi connectivity index (χ3v) is 2.77. The van der Waals surface area contributed by atoms with Gasteiger partial charge in [0.15, 0.2) is 0 Å². The number of carbonyl (C=O) groups excluding carboxylic acids is 1. The molecular weight excluding hydrogens is 239 g/mol. The lowest BCUT2D eigenvalue weighted by molar-refractivity contribution is -0.168. The molecule has 1 N–H and O–H groups in total. The van der Waals surface area contributed by atoms with E-state index in [9.17, 15) is 22.8 Å². The summed E-state index contributed by atoms with van der Waals surface area (Å²) in [6, 6.07) is -0.552. The lowest BCUT2D eigenvalue weighted by Gasteiger charge is -2.29. The molecule has 4 nitrogen and oxygen atoms in total. The van der Waals surface area contributed by atoms with Crippen LogP contribution >= 0.6 is 0 Å². The predicted molar refractivity (Wildman–Crippen MR) is 52.2 cm³/mol. The molecule has 0 heterocycles. The highest BCUT2D eigenvalue weighted by molar-refractivity contribution is 5.93. The van der Waals surface area contributed by atoms with E-state index in [4.69, 9.17) is 5.11 Å². The predicted octanol–water partition coefficient (Wildman–Crippen LogP) is 1.65. The van der Waals surface area contributed by atoms with E-state index in [0.29, 0.717) is 4.90 Å². The number of aliphatic carboxylic acids is 1. The van der Waals surface area contributed by atoms with Crippen molar-refractivity contribution >= 4 is 11.9 Å². The molecule has 0 saturated heterocycles. The van der Waals surface area contributed by atoms with Crippen molar-refractivity contribution in [2.45, 2.75) is 38.4 Å². The molecule has 1 unspecified atom stereocenters. The molecule has 1 rings (SSSR count). The highest BCUT2D eigenvalue weighted by atomic mass is 19.4. The highest BCUT2D eigenvalue weighted by Gasteiger charge is 2.40. The Morgan fingerprint density at radius 3 is 2.29 bits per heavy atom. The zero-order valence-electron chi connectivity index (χ0n) is 9.33. The number of halogens is 3. The van der Waals surface area contributed by atoms with Crippen LogP contribution in [0.25, 0.3) is 0 Å². The van der Waals surface area contributed by atoms with E-state index < -0.39 is 37.1 Å². The van der Waals surface area contributed by atoms with Gasteiger partial charge in [0, 0.05) is 6.04 Å². The Labute approximate surface area is 96.4 Å². The van der Waals surface area contributed by atoms with Crippen molar-refractivity contribution in [2.24, 2.45) is 5.92 Å². The van der Waals surface area contributed by atoms with Gasteiger partial charge in [-0.2, -0.15) is 13.2 Å². The van der Waals surface area contributed by atoms with Gasteiger partial charge in [0.2, 0.25) is 5.91 Å². The average Bonchev–Trinajstić information content (AvgIpc) is 2.93. The zero-order chi connectivity index (χ0) is 13.2. The molecule has 0 aromatic carbocycles. The minimum atomic E-state index is -4.50. The van der Waals surface area contributed by atoms with Crippen molar-refractivity contribution in [3.63, 3.8) is 0 Å². The molecule has 0 aromatic rings. The Hall–Kier alpha value is -1.27. The van der Waals surface area contributed by atoms with E-state index in [2.05, 4.69) is 0 Å². The zero-order valence-corrected chi connectivity index (χ0v) is 9.33. The minimum Gasteiger partial charge on any atom is -0.481 e. The summed E-state index contributed by atoms with van der Waals surface area (Å²) in [7, 11) is 0. The summed E-state index contributed by atoms with van der Waals surface area (Å²) in [5.74, 6) is -2.32. The first kappa shape index (κ1) is 13.8. The van der Waals surface area contributed by atoms with Gasteiger partial charge in [-0.1, -0.05) is 0 Å². The average molecular weight is 253 g/mol. The summed E-state index contributed by atoms with van der Waals surface area (Å²) in [5.41, 5.74) is 0. The van der Waals surface area contributed by atoms with E-state index in [-0.39, 0.29) is 5.92 Å². The maximum absolute atomic E-state index is 12.3. The van der Waals surface area contributed by atoms with Crippen LogP contribution in [-0.4, -0.2) is 40.6 Å². The molecule has 1 saturated carbocycles. The summed E-state index contributed by atoms with van der Waals surface area (Å²) >= 11 is 0. The summed E-state index contributed by atoms with van der Waals surface area (Å²) in [6.07, 6.45) is -3.82. The van der Waals surface area contributed by atoms with Crippen molar-refractivity contribution < 1.29 is 27.9 Å². The molecule has 1 aliphatic carbocycles. The van der Waals surface area contributed by atoms with Gasteiger partial charge in [0.25, 0.3) is 0 Å². The molecule has 7 heteroatoms. The first-order valence-electron chi connectivity index (χ1n) is 5.28. The van der Waals surface area contributed by atoms with Crippen LogP contribution in [0, 0.1) is 5.92 Å². The number of nitrogens with zero attached hydrogens (tertiary/aromatic N) is 1. The Morgan fingerprint density at radius 2 is 1.94 bits per heavy atom. The van der Waals surface area contributed by atoms with Gasteiger partial charge in [-0.15, -0.1) is 0 Å². The summed E-state index contributed by atoms with van der Waals surface area (Å²) in [4.78, 5) is 22.4. The lowest BCUT2D eigenvalue weighted by Crippen LogP contribution is -2.46. The first-order valence-corrected chi connectivity index (χ1v) is 5.28. The van der Waals surface area contributed by atoms with Gasteiger partial charge in [-0.3, -0.25) is 9.59 Å². The fourth-order valence-corrected chi connectivity index (χ4v) is 1.72. The molecule has 98 valence electrons. The number of carboxylic acid groups (broad SMARTS) is 1. The number of amides is 1. The number of hydrogen-bond donors (Lipinski definition) is 1. The highest BCUT2D eigenvalue weighted by Crippen LogP contribution is 2.36. The molecule has 0 aromatic heterocycles. The molecule has 1 aliphatic rings. The van der Waals surface area contributed by atoms with Crippen molar-refractivity contribution in [2.75, 3.05) is 6.54 Å². The van der Waals surface area contributed by atoms with Crippen molar-refractivity contribution in [1.29, 1.82) is 0 Å². The van der Waals surface area contributed by atoms with Crippen LogP contribution in [0.5, 0.6) is 0 Å². The number of carbonyl (C=O) groups is 2. The molecule has 0 bridgehead atoms. The minimum absolute atomic E-state index is 0.0649. The second kappa shape index (κ2) is 4.93. The van der Waals surface area contributed by atoms with Crippen molar-refractivity contribution in [3.05, 3.63) is 0 Å². The van der Waals surface area contributed by atoms with Crippen LogP contribution in [0.4, 0.5) is 13.2 Å². The Bertz CT molecular complexity index is 312. The van der Waals surface area contributed by atoms with Gasteiger partial charge in [-0.25, -0.2) is 0 Å². The monoisotopic (exact) mass is 253 g/mol. The second-order valence-corrected chi connectivity index (χ2v) is 4.29. The van der Waals surface area contributed by atoms with Crippen molar-refractivity contribution in [3.8, 4) is 0 Å². The SMILES string of the molecule is CC(C1CC1)N(CC(F)(F)F)C(=O)CC(=O)O. The molecule has 1 atom stereocenters. The van der Waals surface area contributed by atoms with Crippen LogP contribution < -0.4 is 0 Å². The molecule has 17 heavy (non-hydrogen) atoms. The Balaban J connectivity index is 2.70. The first-order chi connectivity index (χ1) is 7.70. The van der Waals surface area contributed by atoms with Gasteiger partial charge in [-0.05, 0) is 25.7 Å². The van der Waals surface area contributed by atoms with E-state index in [1.54, 1.807) is 0 Å². The molecule has 1 amide bonds. The number of carboxylic acids is 1. The van der Waals surface area contributed by atoms with E-state index in [1.807, 2.05) is 0 Å². The fourth-order valence-electron chi connectivity index (χ4n) is 1.72. The Kier molecular flexibility index (Phi) is 4.00. The third kappa shape index (κ3) is 4.62. The molecule has 0 aliphatic heterocycles. The molecule has 0 radical (unpaired) electrons. The lowest BCUT2D eigenvalue weighted by atomic mass is 10.1. The Morgan fingerprint density at radius 1 is 1.41 bits per heavy atom.